The largest absolute Gasteiger partial charge is 0.506 e. The van der Waals surface area contributed by atoms with Crippen LogP contribution in [0.15, 0.2) is 53.4 Å². The summed E-state index contributed by atoms with van der Waals surface area (Å²) in [5.41, 5.74) is 0.690. The quantitative estimate of drug-likeness (QED) is 0.582. The molecule has 1 atom stereocenters. The molecule has 10 heteroatoms. The first-order valence-electron chi connectivity index (χ1n) is 10.4. The Bertz CT molecular complexity index is 1020. The van der Waals surface area contributed by atoms with Crippen LogP contribution in [0.1, 0.15) is 26.7 Å². The molecule has 1 fully saturated rings. The standard InChI is InChI=1S/C20H23N3O6S.C2H6/c1-29-20(26)21-15-8-10-16(11-9-15)30(27,28)23-12-4-5-14(13-23)19(25)22-17-6-2-3-7-18(17)24;1-2/h2-3,6-11,14,24H,4-5,12-13H2,1H3,(H,21,26)(H,22,25);1-2H3. The van der Waals surface area contributed by atoms with Gasteiger partial charge >= 0.3 is 6.09 Å². The van der Waals surface area contributed by atoms with E-state index in [0.717, 1.165) is 0 Å². The van der Waals surface area contributed by atoms with Gasteiger partial charge in [-0.15, -0.1) is 0 Å². The number of nitrogens with one attached hydrogen (secondary N) is 2. The maximum absolute atomic E-state index is 13.0. The number of anilines is 2. The minimum absolute atomic E-state index is 0.0456. The fourth-order valence-electron chi connectivity index (χ4n) is 3.22. The number of aromatic hydroxyl groups is 1. The van der Waals surface area contributed by atoms with Crippen molar-refractivity contribution in [3.05, 3.63) is 48.5 Å². The number of carbonyl (C=O) groups is 2. The van der Waals surface area contributed by atoms with E-state index in [1.165, 1.54) is 41.7 Å². The highest BCUT2D eigenvalue weighted by Crippen LogP contribution is 2.27. The Labute approximate surface area is 188 Å². The van der Waals surface area contributed by atoms with E-state index in [4.69, 9.17) is 0 Å². The zero-order valence-corrected chi connectivity index (χ0v) is 19.2. The molecule has 0 aliphatic carbocycles. The Hall–Kier alpha value is -3.11. The van der Waals surface area contributed by atoms with Gasteiger partial charge in [-0.25, -0.2) is 13.2 Å². The van der Waals surface area contributed by atoms with Crippen LogP contribution < -0.4 is 10.6 Å². The number of benzene rings is 2. The van der Waals surface area contributed by atoms with E-state index in [1.807, 2.05) is 13.8 Å². The summed E-state index contributed by atoms with van der Waals surface area (Å²) in [6, 6.07) is 12.1. The van der Waals surface area contributed by atoms with Crippen molar-refractivity contribution in [2.24, 2.45) is 5.92 Å². The molecule has 0 bridgehead atoms. The van der Waals surface area contributed by atoms with Gasteiger partial charge in [0.05, 0.1) is 23.6 Å². The first-order chi connectivity index (χ1) is 15.3. The fraction of sp³-hybridized carbons (Fsp3) is 0.364. The van der Waals surface area contributed by atoms with Crippen LogP contribution in [-0.4, -0.2) is 50.0 Å². The molecular formula is C22H29N3O6S. The number of phenolic OH excluding ortho intramolecular Hbond substituents is 1. The molecule has 1 aliphatic rings. The van der Waals surface area contributed by atoms with Gasteiger partial charge in [-0.05, 0) is 49.2 Å². The third-order valence-electron chi connectivity index (χ3n) is 4.84. The zero-order chi connectivity index (χ0) is 23.7. The summed E-state index contributed by atoms with van der Waals surface area (Å²) < 4.78 is 31.8. The molecule has 1 saturated heterocycles. The highest BCUT2D eigenvalue weighted by atomic mass is 32.2. The van der Waals surface area contributed by atoms with Gasteiger partial charge in [0.25, 0.3) is 0 Å². The molecule has 174 valence electrons. The summed E-state index contributed by atoms with van der Waals surface area (Å²) >= 11 is 0. The SMILES string of the molecule is CC.COC(=O)Nc1ccc(S(=O)(=O)N2CCCC(C(=O)Nc3ccccc3O)C2)cc1. The molecule has 9 nitrogen and oxygen atoms in total. The number of nitrogens with zero attached hydrogens (tertiary/aromatic N) is 1. The lowest BCUT2D eigenvalue weighted by atomic mass is 9.98. The van der Waals surface area contributed by atoms with Crippen LogP contribution >= 0.6 is 0 Å². The molecule has 2 aromatic carbocycles. The molecule has 3 rings (SSSR count). The summed E-state index contributed by atoms with van der Waals surface area (Å²) in [4.78, 5) is 23.9. The number of rotatable bonds is 5. The van der Waals surface area contributed by atoms with Crippen molar-refractivity contribution in [2.75, 3.05) is 30.8 Å². The second-order valence-corrected chi connectivity index (χ2v) is 8.79. The highest BCUT2D eigenvalue weighted by molar-refractivity contribution is 7.89. The Balaban J connectivity index is 0.00000176. The first kappa shape index (κ1) is 25.2. The second-order valence-electron chi connectivity index (χ2n) is 6.85. The van der Waals surface area contributed by atoms with Crippen molar-refractivity contribution in [3.63, 3.8) is 0 Å². The Morgan fingerprint density at radius 2 is 1.72 bits per heavy atom. The number of hydrogen-bond donors (Lipinski definition) is 3. The zero-order valence-electron chi connectivity index (χ0n) is 18.4. The number of piperidine rings is 1. The van der Waals surface area contributed by atoms with Crippen LogP contribution in [0.2, 0.25) is 0 Å². The number of methoxy groups -OCH3 is 1. The smallest absolute Gasteiger partial charge is 0.411 e. The van der Waals surface area contributed by atoms with Gasteiger partial charge in [-0.1, -0.05) is 26.0 Å². The van der Waals surface area contributed by atoms with Crippen LogP contribution in [-0.2, 0) is 19.6 Å². The molecule has 1 aliphatic heterocycles. The molecule has 3 N–H and O–H groups in total. The van der Waals surface area contributed by atoms with E-state index in [2.05, 4.69) is 15.4 Å². The highest BCUT2D eigenvalue weighted by Gasteiger charge is 2.33. The molecule has 0 saturated carbocycles. The summed E-state index contributed by atoms with van der Waals surface area (Å²) in [6.07, 6.45) is 0.438. The lowest BCUT2D eigenvalue weighted by Gasteiger charge is -2.31. The average molecular weight is 464 g/mol. The first-order valence-corrected chi connectivity index (χ1v) is 11.8. The predicted molar refractivity (Wildman–Crippen MR) is 122 cm³/mol. The number of sulfonamides is 1. The second kappa shape index (κ2) is 11.5. The molecule has 1 unspecified atom stereocenters. The van der Waals surface area contributed by atoms with Gasteiger partial charge in [0.15, 0.2) is 0 Å². The van der Waals surface area contributed by atoms with Gasteiger partial charge in [0.2, 0.25) is 15.9 Å². The third kappa shape index (κ3) is 6.21. The number of para-hydroxylation sites is 2. The topological polar surface area (TPSA) is 125 Å². The van der Waals surface area contributed by atoms with Gasteiger partial charge < -0.3 is 15.2 Å². The molecule has 2 amide bonds. The Kier molecular flexibility index (Phi) is 9.03. The van der Waals surface area contributed by atoms with Gasteiger partial charge in [0.1, 0.15) is 5.75 Å². The van der Waals surface area contributed by atoms with E-state index in [1.54, 1.807) is 18.2 Å². The minimum Gasteiger partial charge on any atom is -0.506 e. The summed E-state index contributed by atoms with van der Waals surface area (Å²) in [6.45, 7) is 4.36. The van der Waals surface area contributed by atoms with Crippen molar-refractivity contribution in [1.29, 1.82) is 0 Å². The number of amides is 2. The predicted octanol–water partition coefficient (Wildman–Crippen LogP) is 3.64. The van der Waals surface area contributed by atoms with Crippen LogP contribution in [0.5, 0.6) is 5.75 Å². The normalized spacial score (nSPS) is 16.3. The molecule has 0 radical (unpaired) electrons. The van der Waals surface area contributed by atoms with Crippen LogP contribution in [0.4, 0.5) is 16.2 Å². The summed E-state index contributed by atoms with van der Waals surface area (Å²) in [5, 5.41) is 14.9. The monoisotopic (exact) mass is 463 g/mol. The summed E-state index contributed by atoms with van der Waals surface area (Å²) in [7, 11) is -2.57. The van der Waals surface area contributed by atoms with Crippen molar-refractivity contribution >= 4 is 33.4 Å². The molecular weight excluding hydrogens is 434 g/mol. The van der Waals surface area contributed by atoms with Crippen molar-refractivity contribution < 1.29 is 27.9 Å². The molecule has 0 spiro atoms. The van der Waals surface area contributed by atoms with E-state index in [-0.39, 0.29) is 28.8 Å². The molecule has 1 heterocycles. The fourth-order valence-corrected chi connectivity index (χ4v) is 4.74. The van der Waals surface area contributed by atoms with Gasteiger partial charge in [-0.3, -0.25) is 10.1 Å². The number of ether oxygens (including phenoxy) is 1. The summed E-state index contributed by atoms with van der Waals surface area (Å²) in [5.74, 6) is -0.922. The number of hydrogen-bond acceptors (Lipinski definition) is 6. The van der Waals surface area contributed by atoms with E-state index < -0.39 is 22.0 Å². The van der Waals surface area contributed by atoms with Gasteiger partial charge in [0, 0.05) is 18.8 Å². The lowest BCUT2D eigenvalue weighted by Crippen LogP contribution is -2.43. The molecule has 0 aromatic heterocycles. The van der Waals surface area contributed by atoms with Crippen molar-refractivity contribution in [1.82, 2.24) is 4.31 Å². The van der Waals surface area contributed by atoms with E-state index in [9.17, 15) is 23.1 Å². The maximum Gasteiger partial charge on any atom is 0.411 e. The van der Waals surface area contributed by atoms with Crippen molar-refractivity contribution in [3.8, 4) is 5.75 Å². The lowest BCUT2D eigenvalue weighted by molar-refractivity contribution is -0.120. The van der Waals surface area contributed by atoms with Crippen molar-refractivity contribution in [2.45, 2.75) is 31.6 Å². The number of carbonyl (C=O) groups excluding carboxylic acids is 2. The molecule has 32 heavy (non-hydrogen) atoms. The Morgan fingerprint density at radius 3 is 2.34 bits per heavy atom. The molecule has 2 aromatic rings. The van der Waals surface area contributed by atoms with Crippen LogP contribution in [0.3, 0.4) is 0 Å². The maximum atomic E-state index is 13.0. The van der Waals surface area contributed by atoms with E-state index >= 15 is 0 Å². The van der Waals surface area contributed by atoms with Gasteiger partial charge in [-0.2, -0.15) is 4.31 Å². The minimum atomic E-state index is -3.80. The third-order valence-corrected chi connectivity index (χ3v) is 6.72. The van der Waals surface area contributed by atoms with Crippen LogP contribution in [0.25, 0.3) is 0 Å². The van der Waals surface area contributed by atoms with E-state index in [0.29, 0.717) is 25.1 Å². The Morgan fingerprint density at radius 1 is 1.06 bits per heavy atom. The van der Waals surface area contributed by atoms with Crippen LogP contribution in [0, 0.1) is 5.92 Å². The number of phenols is 1. The average Bonchev–Trinajstić information content (AvgIpc) is 2.82.